The highest BCUT2D eigenvalue weighted by atomic mass is 16.7. The van der Waals surface area contributed by atoms with Crippen molar-refractivity contribution in [2.45, 2.75) is 25.9 Å². The predicted octanol–water partition coefficient (Wildman–Crippen LogP) is 2.25. The summed E-state index contributed by atoms with van der Waals surface area (Å²) in [7, 11) is 0. The zero-order valence-electron chi connectivity index (χ0n) is 8.73. The Bertz CT molecular complexity index is 360. The Balaban J connectivity index is 2.23. The summed E-state index contributed by atoms with van der Waals surface area (Å²) in [5.41, 5.74) is 2.21. The van der Waals surface area contributed by atoms with E-state index in [4.69, 9.17) is 9.47 Å². The lowest BCUT2D eigenvalue weighted by Crippen LogP contribution is -2.11. The smallest absolute Gasteiger partial charge is 0.189 e. The van der Waals surface area contributed by atoms with E-state index in [1.165, 1.54) is 0 Å². The minimum Gasteiger partial charge on any atom is -0.467 e. The van der Waals surface area contributed by atoms with Crippen LogP contribution in [0.4, 0.5) is 0 Å². The summed E-state index contributed by atoms with van der Waals surface area (Å²) in [5.74, 6) is 1.13. The fraction of sp³-hybridized carbons (Fsp3) is 0.417. The molecule has 1 aliphatic rings. The molecule has 0 amide bonds. The predicted molar refractivity (Wildman–Crippen MR) is 55.8 cm³/mol. The first-order valence-corrected chi connectivity index (χ1v) is 5.08. The first-order chi connectivity index (χ1) is 7.31. The van der Waals surface area contributed by atoms with Gasteiger partial charge in [0.1, 0.15) is 12.0 Å². The van der Waals surface area contributed by atoms with Crippen LogP contribution in [0.5, 0.6) is 5.75 Å². The van der Waals surface area contributed by atoms with Crippen LogP contribution in [0.1, 0.15) is 30.4 Å². The van der Waals surface area contributed by atoms with Gasteiger partial charge in [0, 0.05) is 12.0 Å². The molecule has 0 aliphatic carbocycles. The molecule has 3 nitrogen and oxygen atoms in total. The second-order valence-electron chi connectivity index (χ2n) is 3.78. The second kappa shape index (κ2) is 4.45. The van der Waals surface area contributed by atoms with Crippen molar-refractivity contribution in [3.63, 3.8) is 0 Å². The van der Waals surface area contributed by atoms with E-state index >= 15 is 0 Å². The lowest BCUT2D eigenvalue weighted by Gasteiger charge is -2.19. The number of hydrogen-bond donors (Lipinski definition) is 0. The molecule has 1 unspecified atom stereocenters. The Hall–Kier alpha value is -1.35. The van der Waals surface area contributed by atoms with E-state index in [1.54, 1.807) is 0 Å². The van der Waals surface area contributed by atoms with Gasteiger partial charge in [0.2, 0.25) is 0 Å². The molecular weight excluding hydrogens is 192 g/mol. The van der Waals surface area contributed by atoms with Gasteiger partial charge in [-0.15, -0.1) is 0 Å². The third kappa shape index (κ3) is 2.18. The van der Waals surface area contributed by atoms with Crippen LogP contribution >= 0.6 is 0 Å². The first kappa shape index (κ1) is 10.2. The van der Waals surface area contributed by atoms with Gasteiger partial charge in [-0.1, -0.05) is 19.1 Å². The molecule has 0 radical (unpaired) electrons. The second-order valence-corrected chi connectivity index (χ2v) is 3.78. The van der Waals surface area contributed by atoms with Crippen LogP contribution in [0.25, 0.3) is 0 Å². The van der Waals surface area contributed by atoms with Crippen LogP contribution in [0, 0.1) is 0 Å². The van der Waals surface area contributed by atoms with E-state index < -0.39 is 0 Å². The number of carbonyl (C=O) groups excluding carboxylic acids is 1. The van der Waals surface area contributed by atoms with Gasteiger partial charge in [-0.2, -0.15) is 0 Å². The zero-order valence-corrected chi connectivity index (χ0v) is 8.73. The lowest BCUT2D eigenvalue weighted by molar-refractivity contribution is -0.108. The van der Waals surface area contributed by atoms with Crippen LogP contribution < -0.4 is 4.74 Å². The molecule has 0 saturated heterocycles. The quantitative estimate of drug-likeness (QED) is 0.711. The molecular formula is C12H14O3. The average Bonchev–Trinajstić information content (AvgIpc) is 2.29. The van der Waals surface area contributed by atoms with Crippen molar-refractivity contribution in [1.29, 1.82) is 0 Å². The van der Waals surface area contributed by atoms with Gasteiger partial charge in [-0.05, 0) is 17.5 Å². The molecule has 15 heavy (non-hydrogen) atoms. The summed E-state index contributed by atoms with van der Waals surface area (Å²) >= 11 is 0. The highest BCUT2D eigenvalue weighted by Gasteiger charge is 2.13. The van der Waals surface area contributed by atoms with E-state index in [2.05, 4.69) is 0 Å². The summed E-state index contributed by atoms with van der Waals surface area (Å²) in [5, 5.41) is 0. The maximum absolute atomic E-state index is 10.4. The molecule has 1 aliphatic heterocycles. The molecule has 2 rings (SSSR count). The molecule has 0 aromatic heterocycles. The molecule has 80 valence electrons. The number of aldehydes is 1. The van der Waals surface area contributed by atoms with Crippen LogP contribution in [0.3, 0.4) is 0 Å². The molecule has 0 N–H and O–H groups in total. The fourth-order valence-corrected chi connectivity index (χ4v) is 1.67. The van der Waals surface area contributed by atoms with Gasteiger partial charge in [0.05, 0.1) is 6.61 Å². The van der Waals surface area contributed by atoms with Crippen molar-refractivity contribution in [1.82, 2.24) is 0 Å². The number of ether oxygens (including phenoxy) is 2. The summed E-state index contributed by atoms with van der Waals surface area (Å²) in [6.45, 7) is 2.96. The van der Waals surface area contributed by atoms with Crippen molar-refractivity contribution in [3.05, 3.63) is 29.3 Å². The maximum atomic E-state index is 10.4. The minimum absolute atomic E-state index is 0.249. The van der Waals surface area contributed by atoms with E-state index in [-0.39, 0.29) is 5.92 Å². The van der Waals surface area contributed by atoms with Crippen LogP contribution in [-0.4, -0.2) is 13.1 Å². The van der Waals surface area contributed by atoms with Gasteiger partial charge in [-0.3, -0.25) is 0 Å². The molecule has 0 spiro atoms. The third-order valence-electron chi connectivity index (χ3n) is 2.67. The Kier molecular flexibility index (Phi) is 3.02. The summed E-state index contributed by atoms with van der Waals surface area (Å²) in [4.78, 5) is 10.4. The molecule has 3 heteroatoms. The van der Waals surface area contributed by atoms with E-state index in [1.807, 2.05) is 25.1 Å². The van der Waals surface area contributed by atoms with Crippen molar-refractivity contribution in [3.8, 4) is 5.75 Å². The number of carbonyl (C=O) groups is 1. The topological polar surface area (TPSA) is 35.5 Å². The number of benzene rings is 1. The lowest BCUT2D eigenvalue weighted by atomic mass is 9.97. The standard InChI is InChI=1S/C12H14O3/c1-9(4-5-13)10-2-3-11-7-14-8-15-12(11)6-10/h2-3,5-6,9H,4,7-8H2,1H3. The van der Waals surface area contributed by atoms with E-state index in [0.717, 1.165) is 23.2 Å². The normalized spacial score (nSPS) is 16.3. The third-order valence-corrected chi connectivity index (χ3v) is 2.67. The maximum Gasteiger partial charge on any atom is 0.189 e. The van der Waals surface area contributed by atoms with Crippen molar-refractivity contribution >= 4 is 6.29 Å². The molecule has 1 aromatic carbocycles. The molecule has 0 fully saturated rings. The molecule has 1 heterocycles. The molecule has 0 saturated carbocycles. The van der Waals surface area contributed by atoms with Crippen LogP contribution in [0.2, 0.25) is 0 Å². The number of fused-ring (bicyclic) bond motifs is 1. The Morgan fingerprint density at radius 1 is 1.53 bits per heavy atom. The van der Waals surface area contributed by atoms with Crippen LogP contribution in [-0.2, 0) is 16.1 Å². The summed E-state index contributed by atoms with van der Waals surface area (Å²) in [6.07, 6.45) is 1.50. The van der Waals surface area contributed by atoms with Gasteiger partial charge in [0.25, 0.3) is 0 Å². The highest BCUT2D eigenvalue weighted by Crippen LogP contribution is 2.28. The Labute approximate surface area is 89.0 Å². The largest absolute Gasteiger partial charge is 0.467 e. The van der Waals surface area contributed by atoms with Gasteiger partial charge in [0.15, 0.2) is 6.79 Å². The van der Waals surface area contributed by atoms with Crippen molar-refractivity contribution < 1.29 is 14.3 Å². The Morgan fingerprint density at radius 2 is 2.40 bits per heavy atom. The number of rotatable bonds is 3. The number of hydrogen-bond acceptors (Lipinski definition) is 3. The molecule has 0 bridgehead atoms. The monoisotopic (exact) mass is 206 g/mol. The van der Waals surface area contributed by atoms with Gasteiger partial charge in [-0.25, -0.2) is 0 Å². The minimum atomic E-state index is 0.249. The Morgan fingerprint density at radius 3 is 3.20 bits per heavy atom. The van der Waals surface area contributed by atoms with E-state index in [0.29, 0.717) is 19.8 Å². The van der Waals surface area contributed by atoms with Crippen LogP contribution in [0.15, 0.2) is 18.2 Å². The van der Waals surface area contributed by atoms with Crippen molar-refractivity contribution in [2.24, 2.45) is 0 Å². The average molecular weight is 206 g/mol. The van der Waals surface area contributed by atoms with Gasteiger partial charge >= 0.3 is 0 Å². The summed E-state index contributed by atoms with van der Waals surface area (Å²) < 4.78 is 10.5. The molecule has 1 aromatic rings. The first-order valence-electron chi connectivity index (χ1n) is 5.08. The SMILES string of the molecule is CC(CC=O)c1ccc2c(c1)OCOC2. The fourth-order valence-electron chi connectivity index (χ4n) is 1.67. The van der Waals surface area contributed by atoms with Gasteiger partial charge < -0.3 is 14.3 Å². The summed E-state index contributed by atoms with van der Waals surface area (Å²) in [6, 6.07) is 6.04. The van der Waals surface area contributed by atoms with Crippen molar-refractivity contribution in [2.75, 3.05) is 6.79 Å². The highest BCUT2D eigenvalue weighted by molar-refractivity contribution is 5.52. The zero-order chi connectivity index (χ0) is 10.7. The molecule has 1 atom stereocenters. The van der Waals surface area contributed by atoms with E-state index in [9.17, 15) is 4.79 Å².